The molecule has 0 spiro atoms. The summed E-state index contributed by atoms with van der Waals surface area (Å²) in [6.45, 7) is 3.58. The van der Waals surface area contributed by atoms with Crippen molar-refractivity contribution >= 4 is 16.0 Å². The minimum atomic E-state index is -3.90. The Bertz CT molecular complexity index is 531. The first-order valence-electron chi connectivity index (χ1n) is 6.03. The first-order chi connectivity index (χ1) is 8.77. The smallest absolute Gasteiger partial charge is 0.321 e. The number of hydrogen-bond acceptors (Lipinski definition) is 4. The zero-order valence-corrected chi connectivity index (χ0v) is 12.1. The van der Waals surface area contributed by atoms with E-state index < -0.39 is 22.0 Å². The number of carboxylic acids is 1. The zero-order valence-electron chi connectivity index (χ0n) is 11.3. The van der Waals surface area contributed by atoms with Gasteiger partial charge in [0.1, 0.15) is 11.9 Å². The van der Waals surface area contributed by atoms with Crippen LogP contribution >= 0.6 is 0 Å². The minimum Gasteiger partial charge on any atom is -0.480 e. The normalized spacial score (nSPS) is 13.4. The maximum atomic E-state index is 12.0. The molecule has 1 heterocycles. The Morgan fingerprint density at radius 3 is 2.63 bits per heavy atom. The van der Waals surface area contributed by atoms with Gasteiger partial charge in [-0.3, -0.25) is 4.79 Å². The molecule has 1 aromatic rings. The maximum Gasteiger partial charge on any atom is 0.321 e. The van der Waals surface area contributed by atoms with Gasteiger partial charge in [0.2, 0.25) is 0 Å². The molecule has 8 heteroatoms. The highest BCUT2D eigenvalue weighted by Gasteiger charge is 2.26. The molecular formula is C11H19N3O4S. The van der Waals surface area contributed by atoms with E-state index >= 15 is 0 Å². The molecule has 2 N–H and O–H groups in total. The third-order valence-electron chi connectivity index (χ3n) is 2.80. The lowest BCUT2D eigenvalue weighted by Gasteiger charge is -2.12. The van der Waals surface area contributed by atoms with Crippen LogP contribution in [0.25, 0.3) is 0 Å². The number of carbonyl (C=O) groups is 1. The fraction of sp³-hybridized carbons (Fsp3) is 0.636. The highest BCUT2D eigenvalue weighted by atomic mass is 32.2. The van der Waals surface area contributed by atoms with Crippen molar-refractivity contribution in [1.29, 1.82) is 0 Å². The summed E-state index contributed by atoms with van der Waals surface area (Å²) < 4.78 is 27.8. The number of sulfonamides is 1. The topological polar surface area (TPSA) is 101 Å². The van der Waals surface area contributed by atoms with Crippen LogP contribution in [0.2, 0.25) is 0 Å². The van der Waals surface area contributed by atoms with Crippen molar-refractivity contribution in [3.8, 4) is 0 Å². The van der Waals surface area contributed by atoms with Gasteiger partial charge in [0.15, 0.2) is 5.03 Å². The molecule has 1 atom stereocenters. The summed E-state index contributed by atoms with van der Waals surface area (Å²) in [5.41, 5.74) is 0. The molecular weight excluding hydrogens is 270 g/mol. The SMILES string of the molecule is CCCCC(NS(=O)(=O)c1cn(C)c(C)n1)C(=O)O. The second-order valence-corrected chi connectivity index (χ2v) is 6.05. The lowest BCUT2D eigenvalue weighted by atomic mass is 10.1. The van der Waals surface area contributed by atoms with Crippen LogP contribution in [0.5, 0.6) is 0 Å². The molecule has 0 fully saturated rings. The zero-order chi connectivity index (χ0) is 14.6. The molecule has 0 aliphatic rings. The second-order valence-electron chi connectivity index (χ2n) is 4.39. The quantitative estimate of drug-likeness (QED) is 0.767. The average molecular weight is 289 g/mol. The molecule has 0 radical (unpaired) electrons. The Kier molecular flexibility index (Phi) is 5.07. The molecule has 0 aliphatic carbocycles. The van der Waals surface area contributed by atoms with Crippen molar-refractivity contribution < 1.29 is 18.3 Å². The third kappa shape index (κ3) is 4.03. The van der Waals surface area contributed by atoms with Gasteiger partial charge in [-0.05, 0) is 13.3 Å². The first-order valence-corrected chi connectivity index (χ1v) is 7.51. The summed E-state index contributed by atoms with van der Waals surface area (Å²) in [6, 6.07) is -1.12. The minimum absolute atomic E-state index is 0.157. The van der Waals surface area contributed by atoms with Gasteiger partial charge >= 0.3 is 5.97 Å². The van der Waals surface area contributed by atoms with Gasteiger partial charge in [0, 0.05) is 13.2 Å². The van der Waals surface area contributed by atoms with Crippen LogP contribution in [0.1, 0.15) is 32.0 Å². The molecule has 0 amide bonds. The fourth-order valence-electron chi connectivity index (χ4n) is 1.54. The Morgan fingerprint density at radius 2 is 2.21 bits per heavy atom. The highest BCUT2D eigenvalue weighted by Crippen LogP contribution is 2.10. The van der Waals surface area contributed by atoms with Crippen LogP contribution in [0, 0.1) is 6.92 Å². The van der Waals surface area contributed by atoms with Crippen molar-refractivity contribution in [2.45, 2.75) is 44.2 Å². The van der Waals surface area contributed by atoms with Crippen LogP contribution in [0.15, 0.2) is 11.2 Å². The maximum absolute atomic E-state index is 12.0. The van der Waals surface area contributed by atoms with E-state index in [1.807, 2.05) is 6.92 Å². The molecule has 19 heavy (non-hydrogen) atoms. The molecule has 0 saturated carbocycles. The fourth-order valence-corrected chi connectivity index (χ4v) is 2.81. The second kappa shape index (κ2) is 6.16. The lowest BCUT2D eigenvalue weighted by molar-refractivity contribution is -0.139. The van der Waals surface area contributed by atoms with Gasteiger partial charge in [0.05, 0.1) is 0 Å². The van der Waals surface area contributed by atoms with E-state index in [4.69, 9.17) is 5.11 Å². The first kappa shape index (κ1) is 15.6. The summed E-state index contributed by atoms with van der Waals surface area (Å²) >= 11 is 0. The number of hydrogen-bond donors (Lipinski definition) is 2. The summed E-state index contributed by atoms with van der Waals surface area (Å²) in [6.07, 6.45) is 3.06. The number of nitrogens with zero attached hydrogens (tertiary/aromatic N) is 2. The van der Waals surface area contributed by atoms with E-state index in [9.17, 15) is 13.2 Å². The number of rotatable bonds is 7. The summed E-state index contributed by atoms with van der Waals surface area (Å²) in [5, 5.41) is 8.86. The van der Waals surface area contributed by atoms with E-state index in [1.54, 1.807) is 18.5 Å². The lowest BCUT2D eigenvalue weighted by Crippen LogP contribution is -2.40. The molecule has 1 aromatic heterocycles. The van der Waals surface area contributed by atoms with Crippen LogP contribution in [-0.4, -0.2) is 35.1 Å². The van der Waals surface area contributed by atoms with Crippen molar-refractivity contribution in [3.05, 3.63) is 12.0 Å². The van der Waals surface area contributed by atoms with Gasteiger partial charge in [-0.1, -0.05) is 19.8 Å². The molecule has 0 aromatic carbocycles. The predicted octanol–water partition coefficient (Wildman–Crippen LogP) is 0.650. The standard InChI is InChI=1S/C11H19N3O4S/c1-4-5-6-9(11(15)16)13-19(17,18)10-7-14(3)8(2)12-10/h7,9,13H,4-6H2,1-3H3,(H,15,16). The monoisotopic (exact) mass is 289 g/mol. The van der Waals surface area contributed by atoms with Crippen LogP contribution in [-0.2, 0) is 21.9 Å². The van der Waals surface area contributed by atoms with Crippen LogP contribution in [0.4, 0.5) is 0 Å². The van der Waals surface area contributed by atoms with E-state index in [0.29, 0.717) is 12.2 Å². The molecule has 0 bridgehead atoms. The number of aliphatic carboxylic acids is 1. The van der Waals surface area contributed by atoms with Crippen LogP contribution in [0.3, 0.4) is 0 Å². The third-order valence-corrected chi connectivity index (χ3v) is 4.15. The Morgan fingerprint density at radius 1 is 1.58 bits per heavy atom. The van der Waals surface area contributed by atoms with Gasteiger partial charge in [-0.25, -0.2) is 13.4 Å². The molecule has 7 nitrogen and oxygen atoms in total. The van der Waals surface area contributed by atoms with Crippen LogP contribution < -0.4 is 4.72 Å². The summed E-state index contributed by atoms with van der Waals surface area (Å²) in [5.74, 6) is -0.634. The Balaban J connectivity index is 2.90. The van der Waals surface area contributed by atoms with Gasteiger partial charge in [-0.15, -0.1) is 0 Å². The van der Waals surface area contributed by atoms with Crippen molar-refractivity contribution in [2.24, 2.45) is 7.05 Å². The summed E-state index contributed by atoms with van der Waals surface area (Å²) in [4.78, 5) is 14.9. The largest absolute Gasteiger partial charge is 0.480 e. The number of unbranched alkanes of at least 4 members (excludes halogenated alkanes) is 1. The molecule has 1 unspecified atom stereocenters. The predicted molar refractivity (Wildman–Crippen MR) is 69.2 cm³/mol. The van der Waals surface area contributed by atoms with Gasteiger partial charge < -0.3 is 9.67 Å². The van der Waals surface area contributed by atoms with Crippen molar-refractivity contribution in [3.63, 3.8) is 0 Å². The Labute approximate surface area is 112 Å². The average Bonchev–Trinajstić information content (AvgIpc) is 2.65. The number of aromatic nitrogens is 2. The number of carboxylic acid groups (broad SMARTS) is 1. The van der Waals surface area contributed by atoms with E-state index in [0.717, 1.165) is 6.42 Å². The van der Waals surface area contributed by atoms with E-state index in [-0.39, 0.29) is 11.4 Å². The molecule has 108 valence electrons. The van der Waals surface area contributed by atoms with Crippen molar-refractivity contribution in [1.82, 2.24) is 14.3 Å². The molecule has 1 rings (SSSR count). The number of nitrogens with one attached hydrogen (secondary N) is 1. The van der Waals surface area contributed by atoms with E-state index in [2.05, 4.69) is 9.71 Å². The number of aryl methyl sites for hydroxylation is 2. The van der Waals surface area contributed by atoms with Gasteiger partial charge in [0.25, 0.3) is 10.0 Å². The molecule has 0 saturated heterocycles. The molecule has 0 aliphatic heterocycles. The Hall–Kier alpha value is -1.41. The van der Waals surface area contributed by atoms with E-state index in [1.165, 1.54) is 6.20 Å². The van der Waals surface area contributed by atoms with Crippen molar-refractivity contribution in [2.75, 3.05) is 0 Å². The summed E-state index contributed by atoms with van der Waals surface area (Å²) in [7, 11) is -2.23. The number of imidazole rings is 1. The van der Waals surface area contributed by atoms with Gasteiger partial charge in [-0.2, -0.15) is 4.72 Å². The highest BCUT2D eigenvalue weighted by molar-refractivity contribution is 7.89.